The predicted octanol–water partition coefficient (Wildman–Crippen LogP) is -0.836. The van der Waals surface area contributed by atoms with Crippen LogP contribution in [0.1, 0.15) is 13.3 Å². The minimum Gasteiger partial charge on any atom is -0.336 e. The van der Waals surface area contributed by atoms with Crippen molar-refractivity contribution in [2.75, 3.05) is 31.9 Å². The van der Waals surface area contributed by atoms with Crippen LogP contribution in [0.25, 0.3) is 0 Å². The lowest BCUT2D eigenvalue weighted by Gasteiger charge is -2.16. The van der Waals surface area contributed by atoms with Crippen molar-refractivity contribution < 1.29 is 13.2 Å². The van der Waals surface area contributed by atoms with Crippen LogP contribution in [-0.2, 0) is 9.84 Å². The topological polar surface area (TPSA) is 92.5 Å². The summed E-state index contributed by atoms with van der Waals surface area (Å²) in [5, 5.41) is 2.20. The standard InChI is InChI=1S/C9H19N3O3S/c1-8(2-3-10)16(14,15)7-6-12-5-4-11-9(12)13/h8H,2-7,10H2,1H3,(H,11,13). The highest BCUT2D eigenvalue weighted by Gasteiger charge is 2.24. The van der Waals surface area contributed by atoms with Crippen molar-refractivity contribution in [2.45, 2.75) is 18.6 Å². The smallest absolute Gasteiger partial charge is 0.317 e. The van der Waals surface area contributed by atoms with Gasteiger partial charge in [0, 0.05) is 19.6 Å². The number of hydrogen-bond acceptors (Lipinski definition) is 4. The number of nitrogens with zero attached hydrogens (tertiary/aromatic N) is 1. The average Bonchev–Trinajstić information content (AvgIpc) is 2.61. The van der Waals surface area contributed by atoms with E-state index in [9.17, 15) is 13.2 Å². The molecule has 0 saturated carbocycles. The maximum absolute atomic E-state index is 11.8. The fraction of sp³-hybridized carbons (Fsp3) is 0.889. The van der Waals surface area contributed by atoms with Crippen LogP contribution in [0.2, 0.25) is 0 Å². The second-order valence-corrected chi connectivity index (χ2v) is 6.51. The third-order valence-electron chi connectivity index (χ3n) is 2.78. The summed E-state index contributed by atoms with van der Waals surface area (Å²) in [6.45, 7) is 3.47. The molecule has 0 radical (unpaired) electrons. The quantitative estimate of drug-likeness (QED) is 0.642. The van der Waals surface area contributed by atoms with E-state index in [0.717, 1.165) is 0 Å². The van der Waals surface area contributed by atoms with Gasteiger partial charge in [-0.3, -0.25) is 0 Å². The van der Waals surface area contributed by atoms with E-state index in [0.29, 0.717) is 26.1 Å². The van der Waals surface area contributed by atoms with Gasteiger partial charge in [-0.1, -0.05) is 0 Å². The largest absolute Gasteiger partial charge is 0.336 e. The molecule has 1 heterocycles. The fourth-order valence-corrected chi connectivity index (χ4v) is 2.95. The van der Waals surface area contributed by atoms with Crippen molar-refractivity contribution in [3.05, 3.63) is 0 Å². The second-order valence-electron chi connectivity index (χ2n) is 3.97. The van der Waals surface area contributed by atoms with Crippen molar-refractivity contribution in [2.24, 2.45) is 5.73 Å². The molecule has 0 aromatic carbocycles. The van der Waals surface area contributed by atoms with Gasteiger partial charge < -0.3 is 16.0 Å². The van der Waals surface area contributed by atoms with Gasteiger partial charge in [0.2, 0.25) is 0 Å². The van der Waals surface area contributed by atoms with Gasteiger partial charge in [-0.15, -0.1) is 0 Å². The number of hydrogen-bond donors (Lipinski definition) is 2. The molecule has 1 fully saturated rings. The summed E-state index contributed by atoms with van der Waals surface area (Å²) in [5.74, 6) is 0.0155. The van der Waals surface area contributed by atoms with Crippen molar-refractivity contribution in [3.8, 4) is 0 Å². The van der Waals surface area contributed by atoms with Gasteiger partial charge >= 0.3 is 6.03 Å². The Morgan fingerprint density at radius 2 is 2.25 bits per heavy atom. The Labute approximate surface area is 96.1 Å². The van der Waals surface area contributed by atoms with E-state index in [2.05, 4.69) is 5.32 Å². The number of amides is 2. The van der Waals surface area contributed by atoms with Crippen LogP contribution in [-0.4, -0.2) is 56.5 Å². The van der Waals surface area contributed by atoms with Crippen molar-refractivity contribution in [3.63, 3.8) is 0 Å². The molecule has 1 unspecified atom stereocenters. The normalized spacial score (nSPS) is 18.6. The molecule has 1 saturated heterocycles. The molecule has 94 valence electrons. The number of carbonyl (C=O) groups is 1. The summed E-state index contributed by atoms with van der Waals surface area (Å²) < 4.78 is 23.5. The van der Waals surface area contributed by atoms with Gasteiger partial charge in [0.15, 0.2) is 9.84 Å². The molecule has 16 heavy (non-hydrogen) atoms. The molecule has 0 spiro atoms. The molecule has 1 rings (SSSR count). The Balaban J connectivity index is 2.44. The minimum atomic E-state index is -3.14. The Kier molecular flexibility index (Phi) is 4.55. The molecular formula is C9H19N3O3S. The SMILES string of the molecule is CC(CCN)S(=O)(=O)CCN1CCNC1=O. The highest BCUT2D eigenvalue weighted by molar-refractivity contribution is 7.92. The van der Waals surface area contributed by atoms with Crippen molar-refractivity contribution in [1.82, 2.24) is 10.2 Å². The summed E-state index contributed by atoms with van der Waals surface area (Å²) in [7, 11) is -3.14. The predicted molar refractivity (Wildman–Crippen MR) is 61.9 cm³/mol. The van der Waals surface area contributed by atoms with E-state index in [-0.39, 0.29) is 18.3 Å². The summed E-state index contributed by atoms with van der Waals surface area (Å²) in [4.78, 5) is 12.7. The number of nitrogens with two attached hydrogens (primary N) is 1. The molecule has 1 aliphatic rings. The minimum absolute atomic E-state index is 0.0155. The first-order valence-electron chi connectivity index (χ1n) is 5.42. The lowest BCUT2D eigenvalue weighted by molar-refractivity contribution is 0.220. The number of nitrogens with one attached hydrogen (secondary N) is 1. The molecule has 2 amide bonds. The van der Waals surface area contributed by atoms with E-state index in [1.165, 1.54) is 4.90 Å². The van der Waals surface area contributed by atoms with Gasteiger partial charge in [0.25, 0.3) is 0 Å². The Bertz CT molecular complexity index is 342. The first-order valence-corrected chi connectivity index (χ1v) is 7.13. The van der Waals surface area contributed by atoms with E-state index in [4.69, 9.17) is 5.73 Å². The Morgan fingerprint density at radius 1 is 1.56 bits per heavy atom. The first-order chi connectivity index (χ1) is 7.47. The third-order valence-corrected chi connectivity index (χ3v) is 4.99. The van der Waals surface area contributed by atoms with E-state index in [1.54, 1.807) is 6.92 Å². The van der Waals surface area contributed by atoms with Gasteiger partial charge in [-0.2, -0.15) is 0 Å². The van der Waals surface area contributed by atoms with E-state index in [1.807, 2.05) is 0 Å². The molecule has 6 nitrogen and oxygen atoms in total. The van der Waals surface area contributed by atoms with E-state index < -0.39 is 15.1 Å². The Morgan fingerprint density at radius 3 is 2.75 bits per heavy atom. The monoisotopic (exact) mass is 249 g/mol. The van der Waals surface area contributed by atoms with Gasteiger partial charge in [0.1, 0.15) is 0 Å². The van der Waals surface area contributed by atoms with Crippen LogP contribution in [0.5, 0.6) is 0 Å². The van der Waals surface area contributed by atoms with Crippen LogP contribution in [0.15, 0.2) is 0 Å². The maximum Gasteiger partial charge on any atom is 0.317 e. The molecule has 0 aromatic rings. The van der Waals surface area contributed by atoms with Crippen LogP contribution in [0.4, 0.5) is 4.79 Å². The van der Waals surface area contributed by atoms with Gasteiger partial charge in [-0.05, 0) is 19.9 Å². The maximum atomic E-state index is 11.8. The zero-order valence-electron chi connectivity index (χ0n) is 9.48. The number of urea groups is 1. The Hall–Kier alpha value is -0.820. The fourth-order valence-electron chi connectivity index (χ4n) is 1.58. The average molecular weight is 249 g/mol. The van der Waals surface area contributed by atoms with E-state index >= 15 is 0 Å². The molecule has 7 heteroatoms. The first kappa shape index (κ1) is 13.2. The third kappa shape index (κ3) is 3.34. The van der Waals surface area contributed by atoms with Gasteiger partial charge in [-0.25, -0.2) is 13.2 Å². The molecule has 0 aliphatic carbocycles. The summed E-state index contributed by atoms with van der Waals surface area (Å²) in [6.07, 6.45) is 0.467. The van der Waals surface area contributed by atoms with Crippen molar-refractivity contribution in [1.29, 1.82) is 0 Å². The lowest BCUT2D eigenvalue weighted by atomic mass is 10.3. The zero-order valence-corrected chi connectivity index (χ0v) is 10.3. The van der Waals surface area contributed by atoms with Crippen LogP contribution < -0.4 is 11.1 Å². The number of carbonyl (C=O) groups excluding carboxylic acids is 1. The number of sulfone groups is 1. The molecule has 0 bridgehead atoms. The molecule has 1 atom stereocenters. The van der Waals surface area contributed by atoms with Crippen LogP contribution in [0.3, 0.4) is 0 Å². The second kappa shape index (κ2) is 5.49. The summed E-state index contributed by atoms with van der Waals surface area (Å²) in [6, 6.07) is -0.179. The summed E-state index contributed by atoms with van der Waals surface area (Å²) >= 11 is 0. The highest BCUT2D eigenvalue weighted by Crippen LogP contribution is 2.07. The highest BCUT2D eigenvalue weighted by atomic mass is 32.2. The van der Waals surface area contributed by atoms with Gasteiger partial charge in [0.05, 0.1) is 11.0 Å². The molecule has 3 N–H and O–H groups in total. The lowest BCUT2D eigenvalue weighted by Crippen LogP contribution is -2.35. The van der Waals surface area contributed by atoms with Crippen molar-refractivity contribution >= 4 is 15.9 Å². The molecule has 1 aliphatic heterocycles. The number of rotatable bonds is 6. The summed E-state index contributed by atoms with van der Waals surface area (Å²) in [5.41, 5.74) is 5.33. The van der Waals surface area contributed by atoms with Crippen LogP contribution in [0, 0.1) is 0 Å². The van der Waals surface area contributed by atoms with Crippen LogP contribution >= 0.6 is 0 Å². The zero-order chi connectivity index (χ0) is 12.2. The molecule has 0 aromatic heterocycles. The molecular weight excluding hydrogens is 230 g/mol.